The number of hydrogen-bond donors (Lipinski definition) is 7. The molecule has 9 N–H and O–H groups in total. The number of hydrogen-bond acceptors (Lipinski definition) is 19. The molecule has 25 heteroatoms. The van der Waals surface area contributed by atoms with Gasteiger partial charge in [0, 0.05) is 19.2 Å². The summed E-state index contributed by atoms with van der Waals surface area (Å²) in [5.41, 5.74) is 11.3. The van der Waals surface area contributed by atoms with Crippen LogP contribution in [0.15, 0.2) is 37.2 Å². The average Bonchev–Trinajstić information content (AvgIpc) is 3.67. The molecule has 3 aromatic rings. The summed E-state index contributed by atoms with van der Waals surface area (Å²) in [6, 6.07) is 2.81. The summed E-state index contributed by atoms with van der Waals surface area (Å²) in [5, 5.41) is 44.8. The summed E-state index contributed by atoms with van der Waals surface area (Å²) in [5.74, 6) is -0.432. The molecule has 48 heavy (non-hydrogen) atoms. The third-order valence-electron chi connectivity index (χ3n) is 7.14. The second-order valence-corrected chi connectivity index (χ2v) is 13.3. The Bertz CT molecular complexity index is 1690. The van der Waals surface area contributed by atoms with E-state index in [1.165, 1.54) is 46.3 Å². The molecule has 22 nitrogen and oxygen atoms in total. The van der Waals surface area contributed by atoms with Crippen molar-refractivity contribution in [3.8, 4) is 0 Å². The molecule has 2 aliphatic rings. The first-order valence-electron chi connectivity index (χ1n) is 13.8. The third kappa shape index (κ3) is 8.63. The van der Waals surface area contributed by atoms with Crippen molar-refractivity contribution < 1.29 is 101 Å². The minimum absolute atomic E-state index is 0. The van der Waals surface area contributed by atoms with Crippen molar-refractivity contribution in [3.63, 3.8) is 0 Å². The second-order valence-electron chi connectivity index (χ2n) is 10.3. The smallest absolute Gasteiger partial charge is 0.756 e. The van der Waals surface area contributed by atoms with Crippen LogP contribution >= 0.6 is 15.6 Å². The number of amides is 1. The predicted octanol–water partition coefficient (Wildman–Crippen LogP) is -7.49. The van der Waals surface area contributed by atoms with E-state index in [0.717, 1.165) is 0 Å². The summed E-state index contributed by atoms with van der Waals surface area (Å²) in [7, 11) is -11.4. The van der Waals surface area contributed by atoms with Gasteiger partial charge in [0.25, 0.3) is 27.8 Å². The fourth-order valence-corrected chi connectivity index (χ4v) is 6.88. The Morgan fingerprint density at radius 3 is 2.31 bits per heavy atom. The van der Waals surface area contributed by atoms with Crippen LogP contribution in [0.3, 0.4) is 0 Å². The third-order valence-corrected chi connectivity index (χ3v) is 9.67. The number of ether oxygens (including phenoxy) is 2. The summed E-state index contributed by atoms with van der Waals surface area (Å²) >= 11 is 0. The summed E-state index contributed by atoms with van der Waals surface area (Å²) in [6.45, 7) is -1.29. The van der Waals surface area contributed by atoms with Crippen molar-refractivity contribution in [2.45, 2.75) is 49.1 Å². The fraction of sp³-hybridized carbons (Fsp3) is 0.522. The molecule has 10 atom stereocenters. The number of pyridine rings is 1. The number of carbonyl (C=O) groups excluding carboxylic acids is 1. The molecule has 2 aliphatic heterocycles. The van der Waals surface area contributed by atoms with Crippen LogP contribution in [0.1, 0.15) is 22.8 Å². The van der Waals surface area contributed by atoms with Crippen LogP contribution < -0.4 is 60.7 Å². The number of imidazole rings is 1. The van der Waals surface area contributed by atoms with Crippen molar-refractivity contribution in [1.29, 1.82) is 0 Å². The molecule has 0 aromatic carbocycles. The minimum Gasteiger partial charge on any atom is -0.756 e. The largest absolute Gasteiger partial charge is 1.00 e. The first kappa shape index (κ1) is 38.7. The number of rotatable bonds is 14. The molecule has 2 fully saturated rings. The van der Waals surface area contributed by atoms with Gasteiger partial charge in [0.15, 0.2) is 41.7 Å². The van der Waals surface area contributed by atoms with Crippen molar-refractivity contribution in [1.82, 2.24) is 19.5 Å². The monoisotopic (exact) mass is 728 g/mol. The maximum atomic E-state index is 12.4. The quantitative estimate of drug-likeness (QED) is 0.0460. The molecular weight excluding hydrogens is 697 g/mol. The predicted molar refractivity (Wildman–Crippen MR) is 148 cm³/mol. The Morgan fingerprint density at radius 1 is 1.02 bits per heavy atom. The molecule has 2 saturated heterocycles. The Labute approximate surface area is 293 Å². The molecule has 0 bridgehead atoms. The van der Waals surface area contributed by atoms with E-state index in [2.05, 4.69) is 33.6 Å². The Kier molecular flexibility index (Phi) is 12.8. The van der Waals surface area contributed by atoms with Crippen molar-refractivity contribution in [2.75, 3.05) is 31.6 Å². The van der Waals surface area contributed by atoms with Crippen molar-refractivity contribution in [2.24, 2.45) is 11.5 Å². The van der Waals surface area contributed by atoms with Crippen LogP contribution in [0, 0.1) is 0 Å². The van der Waals surface area contributed by atoms with E-state index in [1.807, 2.05) is 0 Å². The van der Waals surface area contributed by atoms with Gasteiger partial charge in [-0.3, -0.25) is 18.5 Å². The zero-order valence-corrected chi connectivity index (χ0v) is 28.9. The molecule has 2 unspecified atom stereocenters. The molecule has 0 saturated carbocycles. The van der Waals surface area contributed by atoms with Crippen LogP contribution in [0.4, 0.5) is 5.82 Å². The van der Waals surface area contributed by atoms with E-state index in [-0.39, 0.29) is 40.8 Å². The normalized spacial score (nSPS) is 29.6. The minimum atomic E-state index is -5.69. The van der Waals surface area contributed by atoms with Gasteiger partial charge >= 0.3 is 29.6 Å². The number of aromatic nitrogens is 5. The Balaban J connectivity index is 0.00000520. The maximum Gasteiger partial charge on any atom is 1.00 e. The van der Waals surface area contributed by atoms with Crippen LogP contribution in [-0.2, 0) is 32.0 Å². The van der Waals surface area contributed by atoms with Crippen LogP contribution in [0.5, 0.6) is 0 Å². The summed E-state index contributed by atoms with van der Waals surface area (Å²) in [6.07, 6.45) is -7.13. The van der Waals surface area contributed by atoms with E-state index in [9.17, 15) is 44.1 Å². The number of aliphatic hydroxyl groups excluding tert-OH is 4. The van der Waals surface area contributed by atoms with Gasteiger partial charge in [0.05, 0.1) is 19.5 Å². The molecule has 0 radical (unpaired) electrons. The Hall–Kier alpha value is -2.05. The van der Waals surface area contributed by atoms with Crippen molar-refractivity contribution >= 4 is 38.5 Å². The molecule has 5 heterocycles. The van der Waals surface area contributed by atoms with Gasteiger partial charge in [0.2, 0.25) is 0 Å². The number of aliphatic hydroxyl groups is 4. The van der Waals surface area contributed by atoms with Crippen molar-refractivity contribution in [3.05, 3.63) is 42.7 Å². The number of primary amides is 1. The molecule has 0 spiro atoms. The summed E-state index contributed by atoms with van der Waals surface area (Å²) in [4.78, 5) is 48.5. The van der Waals surface area contributed by atoms with Gasteiger partial charge in [-0.1, -0.05) is 0 Å². The number of nitrogens with two attached hydrogens (primary N) is 2. The number of anilines is 1. The first-order valence-corrected chi connectivity index (χ1v) is 16.7. The number of nitrogens with one attached hydrogen (secondary N) is 1. The molecular formula is C23H31N8NaO14P2. The maximum absolute atomic E-state index is 12.4. The van der Waals surface area contributed by atoms with E-state index in [4.69, 9.17) is 20.9 Å². The van der Waals surface area contributed by atoms with Gasteiger partial charge in [-0.2, -0.15) is 4.57 Å². The fourth-order valence-electron chi connectivity index (χ4n) is 4.86. The molecule has 258 valence electrons. The van der Waals surface area contributed by atoms with E-state index >= 15 is 0 Å². The second kappa shape index (κ2) is 15.9. The van der Waals surface area contributed by atoms with Crippen LogP contribution in [-0.4, -0.2) is 109 Å². The summed E-state index contributed by atoms with van der Waals surface area (Å²) < 4.78 is 51.5. The molecule has 5 rings (SSSR count). The van der Waals surface area contributed by atoms with Gasteiger partial charge in [-0.05, 0) is 6.07 Å². The van der Waals surface area contributed by atoms with E-state index < -0.39 is 83.8 Å². The number of phosphoric acid groups is 2. The number of carbonyl (C=O) groups is 1. The Morgan fingerprint density at radius 2 is 1.67 bits per heavy atom. The average molecular weight is 728 g/mol. The number of fused-ring (bicyclic) bond motifs is 1. The van der Waals surface area contributed by atoms with E-state index in [0.29, 0.717) is 24.4 Å². The van der Waals surface area contributed by atoms with E-state index in [1.54, 1.807) is 0 Å². The molecule has 3 aromatic heterocycles. The van der Waals surface area contributed by atoms with Gasteiger partial charge in [-0.15, -0.1) is 0 Å². The zero-order chi connectivity index (χ0) is 34.1. The SMILES string of the molecule is NCCNc1ncnc2c1ncn2[C@@H]1O[C@H](COP(=O)([O-])OP(=O)([O-])OC[C@H]2O[C@@H]([n+]3cccc(C(N)=O)c3)[C@H](O)[C@@H]2O)[C@@H](O)[C@H]1O.[Na+]. The van der Waals surface area contributed by atoms with Gasteiger partial charge in [-0.25, -0.2) is 19.3 Å². The topological polar surface area (TPSA) is 336 Å². The number of nitrogens with zero attached hydrogens (tertiary/aromatic N) is 5. The molecule has 0 aliphatic carbocycles. The first-order chi connectivity index (χ1) is 22.2. The van der Waals surface area contributed by atoms with Crippen LogP contribution in [0.25, 0.3) is 11.2 Å². The standard InChI is InChI=1S/C23H32N8O14P2.Na/c24-3-4-26-20-14-21(28-9-27-20)31(10-29-14)23-18(35)16(33)13(44-23)8-42-47(39,40)45-46(37,38)41-7-12-15(32)17(34)22(43-12)30-5-1-2-11(6-30)19(25)36;/h1-2,5-6,9-10,12-13,15-18,22-23,32-35H,3-4,7-8,24H2,(H4-,25,26,27,28,36,37,38,39,40);/q;+1/p-1/t12-,13-,15-,16-,17-,18-,22-,23-;/m1./s1. The zero-order valence-electron chi connectivity index (χ0n) is 25.1. The number of phosphoric ester groups is 2. The molecule has 1 amide bonds. The van der Waals surface area contributed by atoms with Crippen LogP contribution in [0.2, 0.25) is 0 Å². The van der Waals surface area contributed by atoms with Gasteiger partial charge < -0.3 is 65.5 Å². The van der Waals surface area contributed by atoms with Gasteiger partial charge in [0.1, 0.15) is 42.4 Å².